The fourth-order valence-electron chi connectivity index (χ4n) is 8.60. The molecule has 4 N–H and O–H groups in total. The molecule has 4 rings (SSSR count). The molecule has 0 unspecified atom stereocenters. The molecule has 12 nitrogen and oxygen atoms in total. The van der Waals surface area contributed by atoms with Crippen molar-refractivity contribution < 1.29 is 15.6 Å². The lowest BCUT2D eigenvalue weighted by Gasteiger charge is -2.53. The Morgan fingerprint density at radius 2 is 0.795 bits per heavy atom. The molecule has 1 aromatic rings. The number of aromatic nitrogens is 3. The van der Waals surface area contributed by atoms with Crippen LogP contribution in [0.1, 0.15) is 122 Å². The van der Waals surface area contributed by atoms with Crippen molar-refractivity contribution in [2.24, 2.45) is 0 Å². The van der Waals surface area contributed by atoms with Crippen molar-refractivity contribution in [3.8, 4) is 0 Å². The van der Waals surface area contributed by atoms with Crippen LogP contribution in [0.15, 0.2) is 0 Å². The number of piperidine rings is 3. The number of hydrogen-bond acceptors (Lipinski definition) is 12. The Bertz CT molecular complexity index is 1080. The van der Waals surface area contributed by atoms with Crippen molar-refractivity contribution in [2.45, 2.75) is 173 Å². The fraction of sp³-hybridized carbons (Fsp3) is 0.906. The normalized spacial score (nSPS) is 27.7. The molecule has 0 amide bonds. The quantitative estimate of drug-likeness (QED) is 0.326. The molecule has 3 saturated heterocycles. The lowest BCUT2D eigenvalue weighted by atomic mass is 9.78. The van der Waals surface area contributed by atoms with E-state index < -0.39 is 33.2 Å². The summed E-state index contributed by atoms with van der Waals surface area (Å²) < 4.78 is 0. The molecular formula is C32H61N9O3. The molecule has 0 spiro atoms. The van der Waals surface area contributed by atoms with Gasteiger partial charge in [-0.05, 0) is 122 Å². The van der Waals surface area contributed by atoms with Crippen LogP contribution in [-0.4, -0.2) is 111 Å². The summed E-state index contributed by atoms with van der Waals surface area (Å²) in [5.41, 5.74) is -2.51. The van der Waals surface area contributed by atoms with Crippen LogP contribution in [0.3, 0.4) is 0 Å². The van der Waals surface area contributed by atoms with Crippen molar-refractivity contribution in [1.82, 2.24) is 30.1 Å². The maximum Gasteiger partial charge on any atom is 0.231 e. The zero-order valence-electron chi connectivity index (χ0n) is 29.9. The highest BCUT2D eigenvalue weighted by Gasteiger charge is 2.49. The Balaban J connectivity index is 1.72. The number of nitrogens with one attached hydrogen (secondary N) is 1. The highest BCUT2D eigenvalue weighted by Crippen LogP contribution is 2.42. The Labute approximate surface area is 265 Å². The van der Waals surface area contributed by atoms with E-state index in [-0.39, 0.29) is 18.1 Å². The van der Waals surface area contributed by atoms with Crippen LogP contribution >= 0.6 is 0 Å². The van der Waals surface area contributed by atoms with E-state index in [1.807, 2.05) is 14.1 Å². The second-order valence-electron chi connectivity index (χ2n) is 17.7. The summed E-state index contributed by atoms with van der Waals surface area (Å²) in [5.74, 6) is 1.69. The molecule has 0 radical (unpaired) electrons. The summed E-state index contributed by atoms with van der Waals surface area (Å²) in [7, 11) is 4.08. The minimum Gasteiger partial charge on any atom is -0.351 e. The summed E-state index contributed by atoms with van der Waals surface area (Å²) in [5, 5.41) is 40.9. The monoisotopic (exact) mass is 619 g/mol. The van der Waals surface area contributed by atoms with Gasteiger partial charge in [0, 0.05) is 65.5 Å². The van der Waals surface area contributed by atoms with Gasteiger partial charge in [-0.15, -0.1) is 0 Å². The second-order valence-corrected chi connectivity index (χ2v) is 17.7. The third kappa shape index (κ3) is 6.66. The molecule has 0 atom stereocenters. The summed E-state index contributed by atoms with van der Waals surface area (Å²) in [6.07, 6.45) is 4.44. The fourth-order valence-corrected chi connectivity index (χ4v) is 8.60. The number of hydrogen-bond donors (Lipinski definition) is 4. The molecule has 0 aromatic carbocycles. The van der Waals surface area contributed by atoms with Gasteiger partial charge < -0.3 is 30.7 Å². The van der Waals surface area contributed by atoms with E-state index >= 15 is 0 Å². The van der Waals surface area contributed by atoms with Gasteiger partial charge in [0.15, 0.2) is 0 Å². The van der Waals surface area contributed by atoms with E-state index in [9.17, 15) is 15.6 Å². The van der Waals surface area contributed by atoms with Crippen molar-refractivity contribution >= 4 is 17.8 Å². The second kappa shape index (κ2) is 11.2. The molecular weight excluding hydrogens is 558 g/mol. The van der Waals surface area contributed by atoms with Gasteiger partial charge in [-0.2, -0.15) is 30.1 Å². The van der Waals surface area contributed by atoms with Crippen molar-refractivity contribution in [3.05, 3.63) is 0 Å². The zero-order valence-corrected chi connectivity index (χ0v) is 29.9. The van der Waals surface area contributed by atoms with Gasteiger partial charge in [0.25, 0.3) is 0 Å². The summed E-state index contributed by atoms with van der Waals surface area (Å²) >= 11 is 0. The van der Waals surface area contributed by atoms with E-state index in [4.69, 9.17) is 15.0 Å². The first-order valence-corrected chi connectivity index (χ1v) is 16.3. The van der Waals surface area contributed by atoms with E-state index in [1.54, 1.807) is 0 Å². The first kappa shape index (κ1) is 35.0. The van der Waals surface area contributed by atoms with Crippen LogP contribution < -0.4 is 15.1 Å². The van der Waals surface area contributed by atoms with Gasteiger partial charge in [-0.3, -0.25) is 0 Å². The molecule has 0 bridgehead atoms. The predicted octanol–water partition coefficient (Wildman–Crippen LogP) is 5.39. The van der Waals surface area contributed by atoms with E-state index in [0.29, 0.717) is 17.8 Å². The largest absolute Gasteiger partial charge is 0.351 e. The first-order valence-electron chi connectivity index (χ1n) is 16.3. The standard InChI is InChI=1S/C32H61N9O3/c1-27(2)15-21(16-28(3,4)39(27)42)33-24-34-25(37(13)22-17-29(5,6)40(43)30(7,8)18-22)36-26(35-24)38(14)23-19-31(9,10)41(44)32(11,12)20-23/h21-23,42-44H,15-20H2,1-14H3,(H,33,34,35,36). The van der Waals surface area contributed by atoms with Gasteiger partial charge in [-0.1, -0.05) is 0 Å². The number of rotatable bonds is 6. The lowest BCUT2D eigenvalue weighted by molar-refractivity contribution is -0.244. The third-order valence-electron chi connectivity index (χ3n) is 10.5. The summed E-state index contributed by atoms with van der Waals surface area (Å²) in [4.78, 5) is 19.3. The maximum absolute atomic E-state index is 10.9. The van der Waals surface area contributed by atoms with Crippen LogP contribution in [0.5, 0.6) is 0 Å². The van der Waals surface area contributed by atoms with Crippen molar-refractivity contribution in [3.63, 3.8) is 0 Å². The Morgan fingerprint density at radius 3 is 1.09 bits per heavy atom. The summed E-state index contributed by atoms with van der Waals surface area (Å²) in [6, 6.07) is 0.249. The SMILES string of the molecule is CN(c1nc(NC2CC(C)(C)N(O)C(C)(C)C2)nc(N(C)C2CC(C)(C)N(O)C(C)(C)C2)n1)C1CC(C)(C)N(O)C(C)(C)C1. The Kier molecular flexibility index (Phi) is 8.88. The van der Waals surface area contributed by atoms with Crippen molar-refractivity contribution in [2.75, 3.05) is 29.2 Å². The molecule has 44 heavy (non-hydrogen) atoms. The molecule has 0 aliphatic carbocycles. The lowest BCUT2D eigenvalue weighted by Crippen LogP contribution is -2.63. The van der Waals surface area contributed by atoms with Gasteiger partial charge in [0.05, 0.1) is 0 Å². The Morgan fingerprint density at radius 1 is 0.523 bits per heavy atom. The molecule has 4 heterocycles. The number of hydroxylamine groups is 6. The average molecular weight is 620 g/mol. The van der Waals surface area contributed by atoms with Gasteiger partial charge in [0.1, 0.15) is 0 Å². The molecule has 0 saturated carbocycles. The van der Waals surface area contributed by atoms with Crippen LogP contribution in [-0.2, 0) is 0 Å². The van der Waals surface area contributed by atoms with Crippen LogP contribution in [0.4, 0.5) is 17.8 Å². The van der Waals surface area contributed by atoms with Gasteiger partial charge >= 0.3 is 0 Å². The van der Waals surface area contributed by atoms with Gasteiger partial charge in [-0.25, -0.2) is 0 Å². The minimum atomic E-state index is -0.420. The molecule has 3 aliphatic rings. The molecule has 1 aromatic heterocycles. The van der Waals surface area contributed by atoms with Gasteiger partial charge in [0.2, 0.25) is 17.8 Å². The van der Waals surface area contributed by atoms with Crippen LogP contribution in [0.25, 0.3) is 0 Å². The highest BCUT2D eigenvalue weighted by molar-refractivity contribution is 5.47. The molecule has 3 fully saturated rings. The number of nitrogens with zero attached hydrogens (tertiary/aromatic N) is 8. The van der Waals surface area contributed by atoms with Crippen LogP contribution in [0.2, 0.25) is 0 Å². The zero-order chi connectivity index (χ0) is 33.4. The first-order chi connectivity index (χ1) is 19.8. The smallest absolute Gasteiger partial charge is 0.231 e. The van der Waals surface area contributed by atoms with Crippen molar-refractivity contribution in [1.29, 1.82) is 0 Å². The summed E-state index contributed by atoms with van der Waals surface area (Å²) in [6.45, 7) is 24.8. The average Bonchev–Trinajstić information content (AvgIpc) is 2.86. The molecule has 12 heteroatoms. The predicted molar refractivity (Wildman–Crippen MR) is 175 cm³/mol. The third-order valence-corrected chi connectivity index (χ3v) is 10.5. The topological polar surface area (TPSA) is 128 Å². The van der Waals surface area contributed by atoms with E-state index in [0.717, 1.165) is 38.5 Å². The highest BCUT2D eigenvalue weighted by atomic mass is 16.5. The van der Waals surface area contributed by atoms with Crippen LogP contribution in [0, 0.1) is 0 Å². The van der Waals surface area contributed by atoms with E-state index in [1.165, 1.54) is 15.2 Å². The minimum absolute atomic E-state index is 0.0492. The molecule has 252 valence electrons. The molecule has 3 aliphatic heterocycles. The maximum atomic E-state index is 10.9. The number of anilines is 3. The van der Waals surface area contributed by atoms with E-state index in [2.05, 4.69) is 98.2 Å². The Hall–Kier alpha value is -1.83.